The van der Waals surface area contributed by atoms with Crippen LogP contribution in [0.5, 0.6) is 0 Å². The van der Waals surface area contributed by atoms with Crippen molar-refractivity contribution in [1.82, 2.24) is 5.32 Å². The molecule has 0 heterocycles. The predicted molar refractivity (Wildman–Crippen MR) is 114 cm³/mol. The molecule has 2 rings (SSSR count). The molecule has 0 saturated carbocycles. The molecule has 0 aliphatic rings. The SMILES string of the molecule is CCCC[C@H](CC)CNC(=O)c1cc(NS(=O)(=O)c2ccccc2)ccc1Cl. The second-order valence-corrected chi connectivity index (χ2v) is 8.83. The van der Waals surface area contributed by atoms with Gasteiger partial charge in [-0.2, -0.15) is 0 Å². The largest absolute Gasteiger partial charge is 0.352 e. The van der Waals surface area contributed by atoms with Crippen molar-refractivity contribution < 1.29 is 13.2 Å². The molecule has 2 N–H and O–H groups in total. The summed E-state index contributed by atoms with van der Waals surface area (Å²) in [5.41, 5.74) is 0.539. The maximum Gasteiger partial charge on any atom is 0.261 e. The molecule has 0 saturated heterocycles. The zero-order valence-electron chi connectivity index (χ0n) is 16.2. The van der Waals surface area contributed by atoms with Crippen LogP contribution in [0.3, 0.4) is 0 Å². The minimum Gasteiger partial charge on any atom is -0.352 e. The third kappa shape index (κ3) is 6.24. The summed E-state index contributed by atoms with van der Waals surface area (Å²) in [7, 11) is -3.73. The van der Waals surface area contributed by atoms with Crippen molar-refractivity contribution in [2.24, 2.45) is 5.92 Å². The van der Waals surface area contributed by atoms with Gasteiger partial charge in [0.25, 0.3) is 15.9 Å². The first kappa shape index (κ1) is 22.2. The highest BCUT2D eigenvalue weighted by Gasteiger charge is 2.17. The number of nitrogens with one attached hydrogen (secondary N) is 2. The Morgan fingerprint density at radius 1 is 1.11 bits per heavy atom. The van der Waals surface area contributed by atoms with E-state index in [1.165, 1.54) is 30.3 Å². The van der Waals surface area contributed by atoms with Crippen molar-refractivity contribution in [1.29, 1.82) is 0 Å². The summed E-state index contributed by atoms with van der Waals surface area (Å²) in [6.07, 6.45) is 4.31. The Kier molecular flexibility index (Phi) is 8.33. The fourth-order valence-corrected chi connectivity index (χ4v) is 4.13. The molecule has 0 spiro atoms. The molecule has 0 aromatic heterocycles. The molecule has 152 valence electrons. The molecule has 0 fully saturated rings. The number of carbonyl (C=O) groups is 1. The van der Waals surface area contributed by atoms with Crippen molar-refractivity contribution in [3.05, 3.63) is 59.1 Å². The standard InChI is InChI=1S/C21H27ClN2O3S/c1-3-5-9-16(4-2)15-23-21(25)19-14-17(12-13-20(19)22)24-28(26,27)18-10-7-6-8-11-18/h6-8,10-14,16,24H,3-5,9,15H2,1-2H3,(H,23,25)/t16-/m0/s1. The molecule has 28 heavy (non-hydrogen) atoms. The molecule has 5 nitrogen and oxygen atoms in total. The van der Waals surface area contributed by atoms with Gasteiger partial charge in [-0.25, -0.2) is 8.42 Å². The number of rotatable bonds is 10. The van der Waals surface area contributed by atoms with Crippen LogP contribution in [0.1, 0.15) is 49.9 Å². The Labute approximate surface area is 172 Å². The number of unbranched alkanes of at least 4 members (excludes halogenated alkanes) is 1. The number of carbonyl (C=O) groups excluding carboxylic acids is 1. The first-order valence-corrected chi connectivity index (χ1v) is 11.4. The highest BCUT2D eigenvalue weighted by molar-refractivity contribution is 7.92. The van der Waals surface area contributed by atoms with Crippen molar-refractivity contribution in [3.8, 4) is 0 Å². The Morgan fingerprint density at radius 3 is 2.46 bits per heavy atom. The molecule has 2 aromatic carbocycles. The van der Waals surface area contributed by atoms with Gasteiger partial charge in [-0.3, -0.25) is 9.52 Å². The summed E-state index contributed by atoms with van der Waals surface area (Å²) in [5.74, 6) is 0.114. The fourth-order valence-electron chi connectivity index (χ4n) is 2.85. The number of hydrogen-bond donors (Lipinski definition) is 2. The van der Waals surface area contributed by atoms with Crippen molar-refractivity contribution in [3.63, 3.8) is 0 Å². The van der Waals surface area contributed by atoms with Crippen molar-refractivity contribution in [2.45, 2.75) is 44.4 Å². The van der Waals surface area contributed by atoms with Gasteiger partial charge >= 0.3 is 0 Å². The first-order valence-electron chi connectivity index (χ1n) is 9.53. The van der Waals surface area contributed by atoms with Gasteiger partial charge in [-0.15, -0.1) is 0 Å². The van der Waals surface area contributed by atoms with E-state index in [9.17, 15) is 13.2 Å². The summed E-state index contributed by atoms with van der Waals surface area (Å²) in [4.78, 5) is 12.7. The summed E-state index contributed by atoms with van der Waals surface area (Å²) < 4.78 is 27.4. The Balaban J connectivity index is 2.11. The van der Waals surface area contributed by atoms with Crippen molar-refractivity contribution in [2.75, 3.05) is 11.3 Å². The average Bonchev–Trinajstić information content (AvgIpc) is 2.70. The number of halogens is 1. The summed E-state index contributed by atoms with van der Waals surface area (Å²) in [5, 5.41) is 3.20. The topological polar surface area (TPSA) is 75.3 Å². The Hall–Kier alpha value is -2.05. The first-order chi connectivity index (χ1) is 13.4. The van der Waals surface area contributed by atoms with E-state index in [4.69, 9.17) is 11.6 Å². The van der Waals surface area contributed by atoms with Crippen LogP contribution < -0.4 is 10.0 Å². The molecule has 2 aromatic rings. The van der Waals surface area contributed by atoms with Gasteiger partial charge in [0.1, 0.15) is 0 Å². The molecule has 0 radical (unpaired) electrons. The molecule has 0 aliphatic heterocycles. The van der Waals surface area contributed by atoms with E-state index in [1.807, 2.05) is 0 Å². The van der Waals surface area contributed by atoms with Crippen LogP contribution in [0.25, 0.3) is 0 Å². The third-order valence-corrected chi connectivity index (χ3v) is 6.34. The molecule has 0 bridgehead atoms. The van der Waals surface area contributed by atoms with Crippen LogP contribution in [0, 0.1) is 5.92 Å². The van der Waals surface area contributed by atoms with E-state index >= 15 is 0 Å². The minimum absolute atomic E-state index is 0.151. The van der Waals surface area contributed by atoms with Gasteiger partial charge in [-0.05, 0) is 42.7 Å². The number of hydrogen-bond acceptors (Lipinski definition) is 3. The molecule has 7 heteroatoms. The van der Waals surface area contributed by atoms with E-state index in [-0.39, 0.29) is 27.1 Å². The lowest BCUT2D eigenvalue weighted by atomic mass is 9.99. The number of sulfonamides is 1. The molecule has 1 atom stereocenters. The van der Waals surface area contributed by atoms with Crippen LogP contribution in [-0.4, -0.2) is 20.9 Å². The summed E-state index contributed by atoms with van der Waals surface area (Å²) >= 11 is 6.17. The molecular weight excluding hydrogens is 396 g/mol. The third-order valence-electron chi connectivity index (χ3n) is 4.61. The van der Waals surface area contributed by atoms with E-state index in [1.54, 1.807) is 18.2 Å². The lowest BCUT2D eigenvalue weighted by molar-refractivity contribution is 0.0946. The van der Waals surface area contributed by atoms with E-state index < -0.39 is 10.0 Å². The van der Waals surface area contributed by atoms with Crippen molar-refractivity contribution >= 4 is 33.2 Å². The number of amides is 1. The highest BCUT2D eigenvalue weighted by atomic mass is 35.5. The van der Waals surface area contributed by atoms with Crippen LogP contribution in [0.15, 0.2) is 53.4 Å². The second-order valence-electron chi connectivity index (χ2n) is 6.74. The molecule has 1 amide bonds. The van der Waals surface area contributed by atoms with Gasteiger partial charge in [0.15, 0.2) is 0 Å². The van der Waals surface area contributed by atoms with Gasteiger partial charge in [0.05, 0.1) is 15.5 Å². The Morgan fingerprint density at radius 2 is 1.82 bits per heavy atom. The molecule has 0 unspecified atom stereocenters. The lowest BCUT2D eigenvalue weighted by Gasteiger charge is -2.16. The van der Waals surface area contributed by atoms with Crippen LogP contribution in [-0.2, 0) is 10.0 Å². The number of benzene rings is 2. The van der Waals surface area contributed by atoms with Gasteiger partial charge in [-0.1, -0.05) is 62.9 Å². The van der Waals surface area contributed by atoms with Gasteiger partial charge in [0, 0.05) is 12.2 Å². The zero-order valence-corrected chi connectivity index (χ0v) is 17.8. The second kappa shape index (κ2) is 10.5. The monoisotopic (exact) mass is 422 g/mol. The smallest absolute Gasteiger partial charge is 0.261 e. The average molecular weight is 423 g/mol. The van der Waals surface area contributed by atoms with E-state index in [2.05, 4.69) is 23.9 Å². The normalized spacial score (nSPS) is 12.4. The van der Waals surface area contributed by atoms with Gasteiger partial charge in [0.2, 0.25) is 0 Å². The summed E-state index contributed by atoms with van der Waals surface area (Å²) in [6.45, 7) is 4.83. The van der Waals surface area contributed by atoms with Crippen LogP contribution in [0.4, 0.5) is 5.69 Å². The summed E-state index contributed by atoms with van der Waals surface area (Å²) in [6, 6.07) is 12.6. The van der Waals surface area contributed by atoms with E-state index in [0.29, 0.717) is 12.5 Å². The Bertz CT molecular complexity index is 886. The van der Waals surface area contributed by atoms with Crippen LogP contribution >= 0.6 is 11.6 Å². The quantitative estimate of drug-likeness (QED) is 0.560. The van der Waals surface area contributed by atoms with Crippen LogP contribution in [0.2, 0.25) is 5.02 Å². The van der Waals surface area contributed by atoms with Gasteiger partial charge < -0.3 is 5.32 Å². The highest BCUT2D eigenvalue weighted by Crippen LogP contribution is 2.23. The molecule has 0 aliphatic carbocycles. The zero-order chi connectivity index (χ0) is 20.6. The maximum absolute atomic E-state index is 12.6. The molecular formula is C21H27ClN2O3S. The van der Waals surface area contributed by atoms with E-state index in [0.717, 1.165) is 25.7 Å². The predicted octanol–water partition coefficient (Wildman–Crippen LogP) is 5.09. The number of anilines is 1. The maximum atomic E-state index is 12.6. The minimum atomic E-state index is -3.73. The fraction of sp³-hybridized carbons (Fsp3) is 0.381. The lowest BCUT2D eigenvalue weighted by Crippen LogP contribution is -2.29.